The summed E-state index contributed by atoms with van der Waals surface area (Å²) in [5, 5.41) is 4.19. The van der Waals surface area contributed by atoms with Crippen LogP contribution in [0.4, 0.5) is 5.82 Å². The number of hydrogen-bond donors (Lipinski definition) is 0. The van der Waals surface area contributed by atoms with Crippen LogP contribution in [0.2, 0.25) is 0 Å². The van der Waals surface area contributed by atoms with Crippen LogP contribution in [0, 0.1) is 6.92 Å². The predicted octanol–water partition coefficient (Wildman–Crippen LogP) is 4.09. The van der Waals surface area contributed by atoms with Gasteiger partial charge in [-0.1, -0.05) is 33.2 Å². The van der Waals surface area contributed by atoms with Crippen molar-refractivity contribution in [2.45, 2.75) is 32.4 Å². The Balaban J connectivity index is 1.64. The number of aryl methyl sites for hydroxylation is 1. The molecule has 0 radical (unpaired) electrons. The van der Waals surface area contributed by atoms with Crippen molar-refractivity contribution in [2.24, 2.45) is 0 Å². The number of methoxy groups -OCH3 is 1. The predicted molar refractivity (Wildman–Crippen MR) is 104 cm³/mol. The topological polar surface area (TPSA) is 77.2 Å². The number of anilines is 1. The molecule has 2 aromatic heterocycles. The highest BCUT2D eigenvalue weighted by molar-refractivity contribution is 9.10. The molecule has 0 N–H and O–H groups in total. The van der Waals surface area contributed by atoms with E-state index in [1.54, 1.807) is 7.11 Å². The van der Waals surface area contributed by atoms with Crippen molar-refractivity contribution >= 4 is 21.7 Å². The highest BCUT2D eigenvalue weighted by Gasteiger charge is 2.32. The van der Waals surface area contributed by atoms with Crippen LogP contribution >= 0.6 is 15.9 Å². The zero-order valence-electron chi connectivity index (χ0n) is 15.2. The Morgan fingerprint density at radius 2 is 2.11 bits per heavy atom. The van der Waals surface area contributed by atoms with Crippen molar-refractivity contribution < 1.29 is 9.26 Å². The van der Waals surface area contributed by atoms with Gasteiger partial charge < -0.3 is 14.2 Å². The smallest absolute Gasteiger partial charge is 0.249 e. The number of hydrogen-bond acceptors (Lipinski definition) is 7. The molecule has 7 nitrogen and oxygen atoms in total. The maximum atomic E-state index is 5.63. The van der Waals surface area contributed by atoms with E-state index in [0.29, 0.717) is 24.1 Å². The minimum absolute atomic E-state index is 0.0124. The van der Waals surface area contributed by atoms with Crippen molar-refractivity contribution in [3.05, 3.63) is 52.2 Å². The summed E-state index contributed by atoms with van der Waals surface area (Å²) in [6.45, 7) is 3.24. The van der Waals surface area contributed by atoms with E-state index < -0.39 is 0 Å². The third kappa shape index (κ3) is 3.72. The zero-order chi connectivity index (χ0) is 18.8. The van der Waals surface area contributed by atoms with Gasteiger partial charge in [0.1, 0.15) is 18.5 Å². The van der Waals surface area contributed by atoms with E-state index in [1.807, 2.05) is 37.3 Å². The summed E-state index contributed by atoms with van der Waals surface area (Å²) in [7, 11) is 1.64. The molecule has 1 aromatic carbocycles. The highest BCUT2D eigenvalue weighted by atomic mass is 79.9. The Hall–Kier alpha value is -2.32. The van der Waals surface area contributed by atoms with E-state index in [2.05, 4.69) is 40.9 Å². The summed E-state index contributed by atoms with van der Waals surface area (Å²) in [6.07, 6.45) is 1.99. The molecule has 3 heterocycles. The molecule has 1 aliphatic rings. The van der Waals surface area contributed by atoms with E-state index in [1.165, 1.54) is 0 Å². The van der Waals surface area contributed by atoms with Crippen LogP contribution in [-0.2, 0) is 11.3 Å². The maximum Gasteiger partial charge on any atom is 0.249 e. The molecule has 0 aliphatic carbocycles. The quantitative estimate of drug-likeness (QED) is 0.604. The number of rotatable bonds is 5. The van der Waals surface area contributed by atoms with Gasteiger partial charge in [0, 0.05) is 35.5 Å². The molecular formula is C19H20BrN5O2. The lowest BCUT2D eigenvalue weighted by atomic mass is 10.2. The molecule has 0 amide bonds. The van der Waals surface area contributed by atoms with Crippen molar-refractivity contribution in [3.63, 3.8) is 0 Å². The Morgan fingerprint density at radius 3 is 2.93 bits per heavy atom. The van der Waals surface area contributed by atoms with Crippen molar-refractivity contribution in [3.8, 4) is 11.4 Å². The van der Waals surface area contributed by atoms with Crippen molar-refractivity contribution in [1.82, 2.24) is 20.1 Å². The minimum atomic E-state index is 0.0124. The molecule has 1 unspecified atom stereocenters. The summed E-state index contributed by atoms with van der Waals surface area (Å²) in [6, 6.07) is 9.85. The molecule has 4 rings (SSSR count). The first-order valence-corrected chi connectivity index (χ1v) is 9.63. The molecule has 1 aliphatic heterocycles. The Morgan fingerprint density at radius 1 is 1.26 bits per heavy atom. The standard InChI is InChI=1S/C19H20BrN5O2/c1-12-10-17(22-16(21-12)11-26-2)25-9-5-8-15(25)19-23-18(24-27-19)13-6-3-4-7-14(13)20/h3-4,6-7,10,15H,5,8-9,11H2,1-2H3. The lowest BCUT2D eigenvalue weighted by molar-refractivity contribution is 0.177. The first-order valence-electron chi connectivity index (χ1n) is 8.84. The fraction of sp³-hybridized carbons (Fsp3) is 0.368. The van der Waals surface area contributed by atoms with Gasteiger partial charge in [-0.15, -0.1) is 0 Å². The first-order chi connectivity index (χ1) is 13.2. The monoisotopic (exact) mass is 429 g/mol. The summed E-state index contributed by atoms with van der Waals surface area (Å²) in [5.74, 6) is 2.75. The Bertz CT molecular complexity index is 945. The average Bonchev–Trinajstić information content (AvgIpc) is 3.31. The van der Waals surface area contributed by atoms with Gasteiger partial charge in [-0.2, -0.15) is 4.98 Å². The van der Waals surface area contributed by atoms with Crippen LogP contribution in [-0.4, -0.2) is 33.8 Å². The Labute approximate surface area is 165 Å². The third-order valence-corrected chi connectivity index (χ3v) is 5.24. The van der Waals surface area contributed by atoms with Gasteiger partial charge in [0.2, 0.25) is 11.7 Å². The number of nitrogens with zero attached hydrogens (tertiary/aromatic N) is 5. The summed E-state index contributed by atoms with van der Waals surface area (Å²) >= 11 is 3.54. The van der Waals surface area contributed by atoms with Gasteiger partial charge in [-0.3, -0.25) is 0 Å². The fourth-order valence-electron chi connectivity index (χ4n) is 3.37. The van der Waals surface area contributed by atoms with Gasteiger partial charge in [-0.25, -0.2) is 9.97 Å². The van der Waals surface area contributed by atoms with Crippen LogP contribution in [0.1, 0.15) is 36.3 Å². The van der Waals surface area contributed by atoms with Crippen LogP contribution < -0.4 is 4.90 Å². The molecule has 0 bridgehead atoms. The normalized spacial score (nSPS) is 16.9. The van der Waals surface area contributed by atoms with Gasteiger partial charge in [-0.05, 0) is 31.9 Å². The highest BCUT2D eigenvalue weighted by Crippen LogP contribution is 2.36. The first kappa shape index (κ1) is 18.1. The lowest BCUT2D eigenvalue weighted by Gasteiger charge is -2.23. The lowest BCUT2D eigenvalue weighted by Crippen LogP contribution is -2.24. The van der Waals surface area contributed by atoms with Crippen LogP contribution in [0.3, 0.4) is 0 Å². The SMILES string of the molecule is COCc1nc(C)cc(N2CCCC2c2nc(-c3ccccc3Br)no2)n1. The Kier molecular flexibility index (Phi) is 5.18. The number of ether oxygens (including phenoxy) is 1. The molecule has 1 saturated heterocycles. The zero-order valence-corrected chi connectivity index (χ0v) is 16.8. The average molecular weight is 430 g/mol. The largest absolute Gasteiger partial charge is 0.377 e. The van der Waals surface area contributed by atoms with Crippen LogP contribution in [0.5, 0.6) is 0 Å². The van der Waals surface area contributed by atoms with Crippen molar-refractivity contribution in [1.29, 1.82) is 0 Å². The van der Waals surface area contributed by atoms with Gasteiger partial charge >= 0.3 is 0 Å². The molecule has 8 heteroatoms. The summed E-state index contributed by atoms with van der Waals surface area (Å²) < 4.78 is 11.8. The molecule has 27 heavy (non-hydrogen) atoms. The molecule has 0 spiro atoms. The van der Waals surface area contributed by atoms with E-state index in [-0.39, 0.29) is 6.04 Å². The number of aromatic nitrogens is 4. The minimum Gasteiger partial charge on any atom is -0.377 e. The second kappa shape index (κ2) is 7.74. The molecular weight excluding hydrogens is 410 g/mol. The molecule has 0 saturated carbocycles. The van der Waals surface area contributed by atoms with Gasteiger partial charge in [0.25, 0.3) is 0 Å². The van der Waals surface area contributed by atoms with E-state index >= 15 is 0 Å². The van der Waals surface area contributed by atoms with E-state index in [9.17, 15) is 0 Å². The number of halogens is 1. The second-order valence-electron chi connectivity index (χ2n) is 6.50. The summed E-state index contributed by atoms with van der Waals surface area (Å²) in [5.41, 5.74) is 1.83. The molecule has 1 atom stereocenters. The van der Waals surface area contributed by atoms with E-state index in [0.717, 1.165) is 40.9 Å². The summed E-state index contributed by atoms with van der Waals surface area (Å²) in [4.78, 5) is 16.0. The fourth-order valence-corrected chi connectivity index (χ4v) is 3.84. The van der Waals surface area contributed by atoms with Gasteiger partial charge in [0.15, 0.2) is 5.82 Å². The molecule has 140 valence electrons. The maximum absolute atomic E-state index is 5.63. The second-order valence-corrected chi connectivity index (χ2v) is 7.36. The van der Waals surface area contributed by atoms with E-state index in [4.69, 9.17) is 9.26 Å². The third-order valence-electron chi connectivity index (χ3n) is 4.55. The van der Waals surface area contributed by atoms with Crippen LogP contribution in [0.25, 0.3) is 11.4 Å². The van der Waals surface area contributed by atoms with Gasteiger partial charge in [0.05, 0.1) is 0 Å². The molecule has 1 fully saturated rings. The molecule has 3 aromatic rings. The van der Waals surface area contributed by atoms with Crippen molar-refractivity contribution in [2.75, 3.05) is 18.6 Å². The number of benzene rings is 1. The van der Waals surface area contributed by atoms with Crippen LogP contribution in [0.15, 0.2) is 39.3 Å².